The first-order chi connectivity index (χ1) is 11.6. The molecular weight excluding hydrogens is 330 g/mol. The average Bonchev–Trinajstić information content (AvgIpc) is 3.21. The van der Waals surface area contributed by atoms with Crippen LogP contribution in [0.2, 0.25) is 0 Å². The number of amides is 3. The lowest BCUT2D eigenvalue weighted by molar-refractivity contribution is -0.121. The molecule has 1 fully saturated rings. The van der Waals surface area contributed by atoms with Gasteiger partial charge in [0.05, 0.1) is 24.1 Å². The summed E-state index contributed by atoms with van der Waals surface area (Å²) in [6.45, 7) is 0. The van der Waals surface area contributed by atoms with Crippen LogP contribution in [0.3, 0.4) is 0 Å². The maximum absolute atomic E-state index is 12.5. The number of thiophene rings is 1. The van der Waals surface area contributed by atoms with Crippen LogP contribution in [-0.4, -0.2) is 30.9 Å². The third kappa shape index (κ3) is 3.15. The summed E-state index contributed by atoms with van der Waals surface area (Å²) in [5, 5.41) is 1.78. The van der Waals surface area contributed by atoms with Crippen molar-refractivity contribution >= 4 is 34.7 Å². The van der Waals surface area contributed by atoms with E-state index in [0.29, 0.717) is 16.3 Å². The molecule has 1 saturated heterocycles. The molecule has 124 valence electrons. The zero-order chi connectivity index (χ0) is 17.1. The molecule has 2 N–H and O–H groups in total. The largest absolute Gasteiger partial charge is 0.497 e. The summed E-state index contributed by atoms with van der Waals surface area (Å²) in [5.74, 6) is -0.545. The van der Waals surface area contributed by atoms with Gasteiger partial charge in [-0.3, -0.25) is 19.8 Å². The van der Waals surface area contributed by atoms with Gasteiger partial charge in [0.1, 0.15) is 11.8 Å². The number of carbonyl (C=O) groups excluding carboxylic acids is 3. The second kappa shape index (κ2) is 6.81. The SMILES string of the molecule is COc1cccc(N2C(=O)C[C@H](NNC(=O)c3cccs3)C2=O)c1. The quantitative estimate of drug-likeness (QED) is 0.630. The lowest BCUT2D eigenvalue weighted by Gasteiger charge is -2.16. The van der Waals surface area contributed by atoms with Gasteiger partial charge in [0.25, 0.3) is 11.8 Å². The van der Waals surface area contributed by atoms with Crippen molar-refractivity contribution in [2.24, 2.45) is 0 Å². The molecule has 7 nitrogen and oxygen atoms in total. The molecule has 0 unspecified atom stereocenters. The van der Waals surface area contributed by atoms with Gasteiger partial charge >= 0.3 is 0 Å². The van der Waals surface area contributed by atoms with Crippen molar-refractivity contribution in [3.63, 3.8) is 0 Å². The van der Waals surface area contributed by atoms with E-state index in [1.165, 1.54) is 18.4 Å². The van der Waals surface area contributed by atoms with Gasteiger partial charge in [0.2, 0.25) is 5.91 Å². The van der Waals surface area contributed by atoms with Gasteiger partial charge in [0, 0.05) is 6.07 Å². The molecule has 0 spiro atoms. The molecule has 3 amide bonds. The molecule has 2 heterocycles. The molecule has 0 aliphatic carbocycles. The first kappa shape index (κ1) is 16.2. The Bertz CT molecular complexity index is 775. The highest BCUT2D eigenvalue weighted by Gasteiger charge is 2.39. The number of imide groups is 1. The number of methoxy groups -OCH3 is 1. The minimum Gasteiger partial charge on any atom is -0.497 e. The minimum atomic E-state index is -0.799. The molecule has 0 saturated carbocycles. The normalized spacial score (nSPS) is 17.2. The Labute approximate surface area is 142 Å². The zero-order valence-electron chi connectivity index (χ0n) is 12.8. The van der Waals surface area contributed by atoms with Gasteiger partial charge in [-0.25, -0.2) is 10.3 Å². The van der Waals surface area contributed by atoms with Crippen LogP contribution in [-0.2, 0) is 9.59 Å². The van der Waals surface area contributed by atoms with E-state index in [9.17, 15) is 14.4 Å². The molecule has 0 radical (unpaired) electrons. The van der Waals surface area contributed by atoms with Crippen molar-refractivity contribution in [1.29, 1.82) is 0 Å². The standard InChI is InChI=1S/C16H15N3O4S/c1-23-11-5-2-4-10(8-11)19-14(20)9-12(16(19)22)17-18-15(21)13-6-3-7-24-13/h2-8,12,17H,9H2,1H3,(H,18,21)/t12-/m0/s1. The van der Waals surface area contributed by atoms with Crippen LogP contribution in [0.4, 0.5) is 5.69 Å². The number of hydrogen-bond acceptors (Lipinski definition) is 6. The Balaban J connectivity index is 1.68. The van der Waals surface area contributed by atoms with Gasteiger partial charge in [-0.2, -0.15) is 0 Å². The van der Waals surface area contributed by atoms with Crippen LogP contribution in [0.5, 0.6) is 5.75 Å². The van der Waals surface area contributed by atoms with E-state index in [4.69, 9.17) is 4.74 Å². The number of carbonyl (C=O) groups is 3. The predicted octanol–water partition coefficient (Wildman–Crippen LogP) is 1.32. The van der Waals surface area contributed by atoms with Crippen LogP contribution in [0, 0.1) is 0 Å². The van der Waals surface area contributed by atoms with E-state index in [2.05, 4.69) is 10.9 Å². The van der Waals surface area contributed by atoms with Crippen molar-refractivity contribution in [2.75, 3.05) is 12.0 Å². The molecule has 8 heteroatoms. The number of anilines is 1. The van der Waals surface area contributed by atoms with Gasteiger partial charge in [-0.05, 0) is 23.6 Å². The van der Waals surface area contributed by atoms with E-state index in [1.54, 1.807) is 41.8 Å². The Morgan fingerprint density at radius 2 is 2.12 bits per heavy atom. The molecule has 1 aromatic carbocycles. The molecular formula is C16H15N3O4S. The van der Waals surface area contributed by atoms with Gasteiger partial charge < -0.3 is 4.74 Å². The number of hydrazine groups is 1. The van der Waals surface area contributed by atoms with E-state index in [-0.39, 0.29) is 18.2 Å². The van der Waals surface area contributed by atoms with E-state index in [1.807, 2.05) is 0 Å². The third-order valence-electron chi connectivity index (χ3n) is 3.56. The highest BCUT2D eigenvalue weighted by Crippen LogP contribution is 2.26. The molecule has 1 atom stereocenters. The number of hydrogen-bond donors (Lipinski definition) is 2. The second-order valence-electron chi connectivity index (χ2n) is 5.10. The average molecular weight is 345 g/mol. The van der Waals surface area contributed by atoms with Crippen molar-refractivity contribution in [1.82, 2.24) is 10.9 Å². The molecule has 1 aromatic heterocycles. The fraction of sp³-hybridized carbons (Fsp3) is 0.188. The van der Waals surface area contributed by atoms with Crippen molar-refractivity contribution in [3.8, 4) is 5.75 Å². The summed E-state index contributed by atoms with van der Waals surface area (Å²) < 4.78 is 5.11. The maximum Gasteiger partial charge on any atom is 0.275 e. The van der Waals surface area contributed by atoms with Crippen LogP contribution in [0.1, 0.15) is 16.1 Å². The fourth-order valence-corrected chi connectivity index (χ4v) is 3.01. The molecule has 1 aliphatic rings. The van der Waals surface area contributed by atoms with Crippen molar-refractivity contribution in [2.45, 2.75) is 12.5 Å². The van der Waals surface area contributed by atoms with Crippen LogP contribution in [0.25, 0.3) is 0 Å². The summed E-state index contributed by atoms with van der Waals surface area (Å²) in [6.07, 6.45) is -0.0270. The van der Waals surface area contributed by atoms with Crippen molar-refractivity contribution in [3.05, 3.63) is 46.7 Å². The molecule has 2 aromatic rings. The van der Waals surface area contributed by atoms with E-state index >= 15 is 0 Å². The Morgan fingerprint density at radius 3 is 2.83 bits per heavy atom. The number of nitrogens with zero attached hydrogens (tertiary/aromatic N) is 1. The summed E-state index contributed by atoms with van der Waals surface area (Å²) in [7, 11) is 1.51. The number of rotatable bonds is 5. The fourth-order valence-electron chi connectivity index (χ4n) is 2.39. The zero-order valence-corrected chi connectivity index (χ0v) is 13.6. The smallest absolute Gasteiger partial charge is 0.275 e. The Hall–Kier alpha value is -2.71. The minimum absolute atomic E-state index is 0.0270. The predicted molar refractivity (Wildman–Crippen MR) is 88.8 cm³/mol. The van der Waals surface area contributed by atoms with Crippen LogP contribution in [0.15, 0.2) is 41.8 Å². The van der Waals surface area contributed by atoms with Crippen LogP contribution < -0.4 is 20.5 Å². The van der Waals surface area contributed by atoms with E-state index in [0.717, 1.165) is 4.90 Å². The van der Waals surface area contributed by atoms with Crippen LogP contribution >= 0.6 is 11.3 Å². The highest BCUT2D eigenvalue weighted by atomic mass is 32.1. The van der Waals surface area contributed by atoms with Gasteiger partial charge in [0.15, 0.2) is 0 Å². The molecule has 1 aliphatic heterocycles. The Kier molecular flexibility index (Phi) is 4.59. The lowest BCUT2D eigenvalue weighted by Crippen LogP contribution is -2.48. The monoisotopic (exact) mass is 345 g/mol. The summed E-state index contributed by atoms with van der Waals surface area (Å²) >= 11 is 1.29. The number of nitrogens with one attached hydrogen (secondary N) is 2. The molecule has 24 heavy (non-hydrogen) atoms. The van der Waals surface area contributed by atoms with Crippen molar-refractivity contribution < 1.29 is 19.1 Å². The summed E-state index contributed by atoms with van der Waals surface area (Å²) in [5.41, 5.74) is 5.55. The number of benzene rings is 1. The topological polar surface area (TPSA) is 87.7 Å². The first-order valence-electron chi connectivity index (χ1n) is 7.20. The second-order valence-corrected chi connectivity index (χ2v) is 6.05. The summed E-state index contributed by atoms with van der Waals surface area (Å²) in [6, 6.07) is 9.33. The summed E-state index contributed by atoms with van der Waals surface area (Å²) in [4.78, 5) is 38.2. The van der Waals surface area contributed by atoms with Gasteiger partial charge in [-0.15, -0.1) is 11.3 Å². The van der Waals surface area contributed by atoms with Gasteiger partial charge in [-0.1, -0.05) is 12.1 Å². The third-order valence-corrected chi connectivity index (χ3v) is 4.43. The van der Waals surface area contributed by atoms with E-state index < -0.39 is 11.9 Å². The molecule has 3 rings (SSSR count). The first-order valence-corrected chi connectivity index (χ1v) is 8.08. The molecule has 0 bridgehead atoms. The number of ether oxygens (including phenoxy) is 1. The Morgan fingerprint density at radius 1 is 1.29 bits per heavy atom. The lowest BCUT2D eigenvalue weighted by atomic mass is 10.2. The highest BCUT2D eigenvalue weighted by molar-refractivity contribution is 7.12. The maximum atomic E-state index is 12.5.